The zero-order chi connectivity index (χ0) is 14.6. The summed E-state index contributed by atoms with van der Waals surface area (Å²) >= 11 is 0. The van der Waals surface area contributed by atoms with Crippen LogP contribution in [0.15, 0.2) is 24.3 Å². The zero-order valence-corrected chi connectivity index (χ0v) is 12.0. The number of hydrogen-bond donors (Lipinski definition) is 2. The third-order valence-electron chi connectivity index (χ3n) is 3.60. The molecule has 2 N–H and O–H groups in total. The van der Waals surface area contributed by atoms with E-state index in [1.54, 1.807) is 0 Å². The highest BCUT2D eigenvalue weighted by molar-refractivity contribution is 7.91. The molecule has 1 aliphatic heterocycles. The SMILES string of the molecule is O=C(O)Cc1ccccc1CNC1CCS(=O)(=O)CC1. The Morgan fingerprint density at radius 2 is 1.80 bits per heavy atom. The number of carboxylic acid groups (broad SMARTS) is 1. The van der Waals surface area contributed by atoms with E-state index in [2.05, 4.69) is 5.32 Å². The number of rotatable bonds is 5. The molecular formula is C14H19NO4S. The Balaban J connectivity index is 1.93. The lowest BCUT2D eigenvalue weighted by Gasteiger charge is -2.23. The number of carboxylic acids is 1. The standard InChI is InChI=1S/C14H19NO4S/c16-14(17)9-11-3-1-2-4-12(11)10-15-13-5-7-20(18,19)8-6-13/h1-4,13,15H,5-10H2,(H,16,17). The summed E-state index contributed by atoms with van der Waals surface area (Å²) in [6, 6.07) is 7.63. The van der Waals surface area contributed by atoms with Crippen LogP contribution in [0, 0.1) is 0 Å². The molecule has 1 aromatic rings. The van der Waals surface area contributed by atoms with Crippen molar-refractivity contribution in [3.8, 4) is 0 Å². The topological polar surface area (TPSA) is 83.5 Å². The fraction of sp³-hybridized carbons (Fsp3) is 0.500. The highest BCUT2D eigenvalue weighted by Gasteiger charge is 2.23. The Hall–Kier alpha value is -1.40. The van der Waals surface area contributed by atoms with Gasteiger partial charge in [0, 0.05) is 12.6 Å². The minimum Gasteiger partial charge on any atom is -0.481 e. The Morgan fingerprint density at radius 3 is 2.40 bits per heavy atom. The minimum atomic E-state index is -2.84. The maximum Gasteiger partial charge on any atom is 0.307 e. The van der Waals surface area contributed by atoms with Crippen molar-refractivity contribution in [2.24, 2.45) is 0 Å². The fourth-order valence-electron chi connectivity index (χ4n) is 2.41. The first-order chi connectivity index (χ1) is 9.46. The molecule has 20 heavy (non-hydrogen) atoms. The number of benzene rings is 1. The minimum absolute atomic E-state index is 0.0108. The molecule has 0 bridgehead atoms. The number of hydrogen-bond acceptors (Lipinski definition) is 4. The second-order valence-electron chi connectivity index (χ2n) is 5.15. The monoisotopic (exact) mass is 297 g/mol. The van der Waals surface area contributed by atoms with Crippen LogP contribution in [0.25, 0.3) is 0 Å². The van der Waals surface area contributed by atoms with Gasteiger partial charge in [0.05, 0.1) is 17.9 Å². The van der Waals surface area contributed by atoms with Crippen molar-refractivity contribution in [2.45, 2.75) is 31.8 Å². The van der Waals surface area contributed by atoms with Gasteiger partial charge in [0.25, 0.3) is 0 Å². The first-order valence-electron chi connectivity index (χ1n) is 6.69. The van der Waals surface area contributed by atoms with Gasteiger partial charge in [0.15, 0.2) is 0 Å². The molecule has 1 aliphatic rings. The molecule has 0 spiro atoms. The predicted octanol–water partition coefficient (Wildman–Crippen LogP) is 0.980. The van der Waals surface area contributed by atoms with Crippen molar-refractivity contribution in [3.63, 3.8) is 0 Å². The van der Waals surface area contributed by atoms with Crippen LogP contribution in [0.2, 0.25) is 0 Å². The molecule has 0 atom stereocenters. The van der Waals surface area contributed by atoms with Gasteiger partial charge in [-0.25, -0.2) is 8.42 Å². The van der Waals surface area contributed by atoms with Gasteiger partial charge in [-0.1, -0.05) is 24.3 Å². The molecule has 1 aromatic carbocycles. The van der Waals surface area contributed by atoms with Gasteiger partial charge in [-0.15, -0.1) is 0 Å². The van der Waals surface area contributed by atoms with E-state index >= 15 is 0 Å². The van der Waals surface area contributed by atoms with Gasteiger partial charge >= 0.3 is 5.97 Å². The normalized spacial score (nSPS) is 18.8. The predicted molar refractivity (Wildman–Crippen MR) is 76.3 cm³/mol. The third-order valence-corrected chi connectivity index (χ3v) is 5.31. The molecular weight excluding hydrogens is 278 g/mol. The van der Waals surface area contributed by atoms with Crippen LogP contribution in [0.4, 0.5) is 0 Å². The van der Waals surface area contributed by atoms with Gasteiger partial charge in [-0.3, -0.25) is 4.79 Å². The molecule has 2 rings (SSSR count). The van der Waals surface area contributed by atoms with E-state index < -0.39 is 15.8 Å². The molecule has 6 heteroatoms. The van der Waals surface area contributed by atoms with Crippen LogP contribution >= 0.6 is 0 Å². The molecule has 1 heterocycles. The highest BCUT2D eigenvalue weighted by atomic mass is 32.2. The van der Waals surface area contributed by atoms with Crippen molar-refractivity contribution in [1.82, 2.24) is 5.32 Å². The molecule has 110 valence electrons. The summed E-state index contributed by atoms with van der Waals surface area (Å²) in [5, 5.41) is 12.2. The summed E-state index contributed by atoms with van der Waals surface area (Å²) in [5.74, 6) is -0.371. The Kier molecular flexibility index (Phi) is 4.77. The summed E-state index contributed by atoms with van der Waals surface area (Å²) in [5.41, 5.74) is 1.76. The van der Waals surface area contributed by atoms with E-state index in [9.17, 15) is 13.2 Å². The number of sulfone groups is 1. The second kappa shape index (κ2) is 6.37. The summed E-state index contributed by atoms with van der Waals surface area (Å²) in [7, 11) is -2.84. The molecule has 1 saturated heterocycles. The number of carbonyl (C=O) groups is 1. The first kappa shape index (κ1) is 15.0. The highest BCUT2D eigenvalue weighted by Crippen LogP contribution is 2.14. The van der Waals surface area contributed by atoms with Gasteiger partial charge < -0.3 is 10.4 Å². The average Bonchev–Trinajstić information content (AvgIpc) is 2.38. The third kappa shape index (κ3) is 4.31. The van der Waals surface area contributed by atoms with E-state index in [1.165, 1.54) is 0 Å². The average molecular weight is 297 g/mol. The van der Waals surface area contributed by atoms with E-state index in [4.69, 9.17) is 5.11 Å². The van der Waals surface area contributed by atoms with Gasteiger partial charge in [-0.2, -0.15) is 0 Å². The summed E-state index contributed by atoms with van der Waals surface area (Å²) in [4.78, 5) is 10.8. The quantitative estimate of drug-likeness (QED) is 0.846. The van der Waals surface area contributed by atoms with Crippen LogP contribution in [0.1, 0.15) is 24.0 Å². The van der Waals surface area contributed by atoms with Crippen LogP contribution in [-0.4, -0.2) is 37.0 Å². The van der Waals surface area contributed by atoms with Crippen molar-refractivity contribution in [2.75, 3.05) is 11.5 Å². The molecule has 0 aromatic heterocycles. The summed E-state index contributed by atoms with van der Waals surface area (Å²) in [6.45, 7) is 0.578. The van der Waals surface area contributed by atoms with Crippen LogP contribution in [0.5, 0.6) is 0 Å². The maximum atomic E-state index is 11.4. The van der Waals surface area contributed by atoms with Crippen LogP contribution in [0.3, 0.4) is 0 Å². The molecule has 0 aliphatic carbocycles. The molecule has 5 nitrogen and oxygen atoms in total. The molecule has 0 saturated carbocycles. The van der Waals surface area contributed by atoms with Crippen molar-refractivity contribution < 1.29 is 18.3 Å². The first-order valence-corrected chi connectivity index (χ1v) is 8.51. The summed E-state index contributed by atoms with van der Waals surface area (Å²) in [6.07, 6.45) is 1.27. The van der Waals surface area contributed by atoms with Crippen molar-refractivity contribution >= 4 is 15.8 Å². The van der Waals surface area contributed by atoms with E-state index in [0.717, 1.165) is 11.1 Å². The molecule has 0 radical (unpaired) electrons. The lowest BCUT2D eigenvalue weighted by Crippen LogP contribution is -2.37. The van der Waals surface area contributed by atoms with E-state index in [1.807, 2.05) is 24.3 Å². The lowest BCUT2D eigenvalue weighted by atomic mass is 10.0. The molecule has 0 amide bonds. The number of nitrogens with one attached hydrogen (secondary N) is 1. The Morgan fingerprint density at radius 1 is 1.20 bits per heavy atom. The van der Waals surface area contributed by atoms with E-state index in [0.29, 0.717) is 19.4 Å². The zero-order valence-electron chi connectivity index (χ0n) is 11.2. The number of aliphatic carboxylic acids is 1. The van der Waals surface area contributed by atoms with E-state index in [-0.39, 0.29) is 24.0 Å². The Labute approximate surface area is 118 Å². The van der Waals surface area contributed by atoms with Crippen molar-refractivity contribution in [3.05, 3.63) is 35.4 Å². The largest absolute Gasteiger partial charge is 0.481 e. The van der Waals surface area contributed by atoms with Gasteiger partial charge in [0.2, 0.25) is 0 Å². The second-order valence-corrected chi connectivity index (χ2v) is 7.45. The molecule has 0 unspecified atom stereocenters. The van der Waals surface area contributed by atoms with Gasteiger partial charge in [0.1, 0.15) is 9.84 Å². The van der Waals surface area contributed by atoms with Crippen LogP contribution in [-0.2, 0) is 27.6 Å². The summed E-state index contributed by atoms with van der Waals surface area (Å²) < 4.78 is 22.7. The van der Waals surface area contributed by atoms with Crippen LogP contribution < -0.4 is 5.32 Å². The smallest absolute Gasteiger partial charge is 0.307 e. The lowest BCUT2D eigenvalue weighted by molar-refractivity contribution is -0.136. The van der Waals surface area contributed by atoms with Gasteiger partial charge in [-0.05, 0) is 24.0 Å². The maximum absolute atomic E-state index is 11.4. The Bertz CT molecular complexity index is 569. The fourth-order valence-corrected chi connectivity index (χ4v) is 3.91. The van der Waals surface area contributed by atoms with Crippen molar-refractivity contribution in [1.29, 1.82) is 0 Å². The molecule has 1 fully saturated rings.